The number of ether oxygens (including phenoxy) is 2. The van der Waals surface area contributed by atoms with E-state index in [0.29, 0.717) is 5.75 Å². The largest absolute Gasteiger partial charge is 0.387 e. The van der Waals surface area contributed by atoms with Crippen LogP contribution in [-0.2, 0) is 4.74 Å². The number of rotatable bonds is 2. The fourth-order valence-corrected chi connectivity index (χ4v) is 4.90. The van der Waals surface area contributed by atoms with Gasteiger partial charge in [0.15, 0.2) is 5.75 Å². The highest BCUT2D eigenvalue weighted by molar-refractivity contribution is 7.28. The van der Waals surface area contributed by atoms with Crippen LogP contribution in [0.3, 0.4) is 0 Å². The van der Waals surface area contributed by atoms with E-state index in [1.165, 1.54) is 18.5 Å². The van der Waals surface area contributed by atoms with Gasteiger partial charge in [-0.15, -0.1) is 23.7 Å². The molecule has 2 aliphatic rings. The summed E-state index contributed by atoms with van der Waals surface area (Å²) in [6.45, 7) is 2.91. The van der Waals surface area contributed by atoms with Crippen molar-refractivity contribution in [3.8, 4) is 12.0 Å². The summed E-state index contributed by atoms with van der Waals surface area (Å²) in [7, 11) is 5.47. The molecule has 6 heteroatoms. The van der Waals surface area contributed by atoms with Crippen LogP contribution < -0.4 is 20.2 Å². The van der Waals surface area contributed by atoms with Crippen LogP contribution in [0.4, 0.5) is 5.69 Å². The zero-order valence-corrected chi connectivity index (χ0v) is 16.4. The van der Waals surface area contributed by atoms with Gasteiger partial charge < -0.3 is 14.4 Å². The van der Waals surface area contributed by atoms with Crippen LogP contribution in [0.5, 0.6) is 5.75 Å². The van der Waals surface area contributed by atoms with Crippen molar-refractivity contribution in [2.24, 2.45) is 0 Å². The van der Waals surface area contributed by atoms with Gasteiger partial charge in [-0.1, -0.05) is 6.07 Å². The van der Waals surface area contributed by atoms with E-state index in [1.54, 1.807) is 0 Å². The molecule has 0 radical (unpaired) electrons. The molecule has 4 nitrogen and oxygen atoms in total. The van der Waals surface area contributed by atoms with E-state index in [4.69, 9.17) is 14.7 Å². The minimum atomic E-state index is 0.119. The van der Waals surface area contributed by atoms with E-state index in [-0.39, 0.29) is 5.60 Å². The van der Waals surface area contributed by atoms with Gasteiger partial charge in [0.05, 0.1) is 5.60 Å². The lowest BCUT2D eigenvalue weighted by Crippen LogP contribution is -2.44. The molecule has 0 aromatic heterocycles. The summed E-state index contributed by atoms with van der Waals surface area (Å²) in [6.07, 6.45) is 6.37. The van der Waals surface area contributed by atoms with Gasteiger partial charge in [-0.25, -0.2) is 0 Å². The first kappa shape index (κ1) is 17.0. The maximum atomic E-state index is 8.99. The second-order valence-electron chi connectivity index (χ2n) is 6.93. The molecule has 0 aliphatic carbocycles. The van der Waals surface area contributed by atoms with E-state index in [1.807, 2.05) is 12.3 Å². The van der Waals surface area contributed by atoms with E-state index in [2.05, 4.69) is 41.6 Å². The lowest BCUT2D eigenvalue weighted by molar-refractivity contribution is -0.0145. The van der Waals surface area contributed by atoms with Crippen molar-refractivity contribution in [1.82, 2.24) is 0 Å². The third kappa shape index (κ3) is 3.11. The van der Waals surface area contributed by atoms with Gasteiger partial charge in [0.25, 0.3) is 6.26 Å². The van der Waals surface area contributed by atoms with Gasteiger partial charge in [-0.05, 0) is 54.5 Å². The minimum Gasteiger partial charge on any atom is -0.387 e. The molecule has 25 heavy (non-hydrogen) atoms. The van der Waals surface area contributed by atoms with Crippen molar-refractivity contribution in [2.75, 3.05) is 24.6 Å². The predicted octanol–water partition coefficient (Wildman–Crippen LogP) is 2.85. The predicted molar refractivity (Wildman–Crippen MR) is 108 cm³/mol. The zero-order valence-electron chi connectivity index (χ0n) is 14.1. The monoisotopic (exact) mass is 372 g/mol. The van der Waals surface area contributed by atoms with Crippen molar-refractivity contribution in [1.29, 1.82) is 5.26 Å². The number of fused-ring (bicyclic) bond motifs is 1. The molecule has 2 heterocycles. The summed E-state index contributed by atoms with van der Waals surface area (Å²) in [5.41, 5.74) is 1.33. The summed E-state index contributed by atoms with van der Waals surface area (Å²) in [6, 6.07) is 8.32. The normalized spacial score (nSPS) is 19.3. The van der Waals surface area contributed by atoms with E-state index >= 15 is 0 Å². The molecular weight excluding hydrogens is 350 g/mol. The quantitative estimate of drug-likeness (QED) is 0.601. The topological polar surface area (TPSA) is 45.5 Å². The van der Waals surface area contributed by atoms with Crippen LogP contribution in [0, 0.1) is 11.5 Å². The van der Waals surface area contributed by atoms with E-state index < -0.39 is 0 Å². The van der Waals surface area contributed by atoms with Crippen molar-refractivity contribution in [3.05, 3.63) is 24.3 Å². The Hall–Kier alpha value is -1.39. The summed E-state index contributed by atoms with van der Waals surface area (Å²) >= 11 is 0. The second-order valence-corrected chi connectivity index (χ2v) is 8.22. The molecule has 2 saturated heterocycles. The Labute approximate surface area is 152 Å². The fourth-order valence-electron chi connectivity index (χ4n) is 4.19. The molecule has 2 aromatic rings. The van der Waals surface area contributed by atoms with Crippen molar-refractivity contribution < 1.29 is 9.47 Å². The summed E-state index contributed by atoms with van der Waals surface area (Å²) in [4.78, 5) is 2.44. The number of nitriles is 1. The summed E-state index contributed by atoms with van der Waals surface area (Å²) in [5.74, 6) is 0.615. The number of benzene rings is 2. The molecule has 0 amide bonds. The number of piperidine rings is 1. The van der Waals surface area contributed by atoms with Crippen molar-refractivity contribution in [3.63, 3.8) is 0 Å². The average molecular weight is 372 g/mol. The summed E-state index contributed by atoms with van der Waals surface area (Å²) in [5, 5.41) is 13.2. The molecule has 2 aliphatic heterocycles. The van der Waals surface area contributed by atoms with Crippen LogP contribution in [-0.4, -0.2) is 25.3 Å². The molecule has 2 aromatic carbocycles. The molecule has 130 valence electrons. The first-order chi connectivity index (χ1) is 12.1. The number of nitrogens with zero attached hydrogens (tertiary/aromatic N) is 2. The summed E-state index contributed by atoms with van der Waals surface area (Å²) < 4.78 is 11.3. The molecule has 0 saturated carbocycles. The second kappa shape index (κ2) is 6.73. The Balaban J connectivity index is 1.73. The first-order valence-corrected chi connectivity index (χ1v) is 9.84. The highest BCUT2D eigenvalue weighted by atomic mass is 31.0. The van der Waals surface area contributed by atoms with E-state index in [0.717, 1.165) is 53.9 Å². The molecule has 1 spiro atoms. The maximum absolute atomic E-state index is 8.99. The Morgan fingerprint density at radius 3 is 2.64 bits per heavy atom. The number of anilines is 1. The van der Waals surface area contributed by atoms with Gasteiger partial charge in [0.2, 0.25) is 0 Å². The SMILES string of the molecule is N#COc1cc(P)cc2c(N3CCC4(CCCO4)CC3)ccc(P)c12. The van der Waals surface area contributed by atoms with Crippen LogP contribution >= 0.6 is 18.5 Å². The third-order valence-corrected chi connectivity index (χ3v) is 6.28. The standard InChI is InChI=1S/C19H22N2O2P2/c20-12-22-16-11-13(24)10-14-15(2-3-17(25)18(14)16)21-7-5-19(6-8-21)4-1-9-23-19/h2-3,10-11H,1,4-9,24-25H2. The molecule has 2 unspecified atom stereocenters. The van der Waals surface area contributed by atoms with Gasteiger partial charge in [0, 0.05) is 36.2 Å². The van der Waals surface area contributed by atoms with Crippen LogP contribution in [0.2, 0.25) is 0 Å². The third-order valence-electron chi connectivity index (χ3n) is 5.47. The lowest BCUT2D eigenvalue weighted by atomic mass is 9.88. The Morgan fingerprint density at radius 2 is 1.96 bits per heavy atom. The Bertz CT molecular complexity index is 847. The van der Waals surface area contributed by atoms with Crippen LogP contribution in [0.15, 0.2) is 24.3 Å². The molecule has 2 fully saturated rings. The highest BCUT2D eigenvalue weighted by Crippen LogP contribution is 2.39. The van der Waals surface area contributed by atoms with Gasteiger partial charge in [-0.3, -0.25) is 0 Å². The van der Waals surface area contributed by atoms with Gasteiger partial charge in [0.1, 0.15) is 0 Å². The van der Waals surface area contributed by atoms with Crippen LogP contribution in [0.1, 0.15) is 25.7 Å². The van der Waals surface area contributed by atoms with E-state index in [9.17, 15) is 0 Å². The van der Waals surface area contributed by atoms with Gasteiger partial charge in [-0.2, -0.15) is 0 Å². The smallest absolute Gasteiger partial charge is 0.292 e. The molecule has 2 atom stereocenters. The molecule has 0 N–H and O–H groups in total. The van der Waals surface area contributed by atoms with Gasteiger partial charge >= 0.3 is 0 Å². The number of hydrogen-bond acceptors (Lipinski definition) is 4. The lowest BCUT2D eigenvalue weighted by Gasteiger charge is -2.40. The Kier molecular flexibility index (Phi) is 4.59. The van der Waals surface area contributed by atoms with Crippen molar-refractivity contribution in [2.45, 2.75) is 31.3 Å². The maximum Gasteiger partial charge on any atom is 0.292 e. The highest BCUT2D eigenvalue weighted by Gasteiger charge is 2.38. The van der Waals surface area contributed by atoms with Crippen molar-refractivity contribution >= 4 is 45.5 Å². The fraction of sp³-hybridized carbons (Fsp3) is 0.421. The minimum absolute atomic E-state index is 0.119. The average Bonchev–Trinajstić information content (AvgIpc) is 3.04. The number of hydrogen-bond donors (Lipinski definition) is 0. The molecular formula is C19H22N2O2P2. The Morgan fingerprint density at radius 1 is 1.16 bits per heavy atom. The molecule has 4 rings (SSSR count). The van der Waals surface area contributed by atoms with Crippen LogP contribution in [0.25, 0.3) is 10.8 Å². The first-order valence-electron chi connectivity index (χ1n) is 8.68. The molecule has 0 bridgehead atoms. The zero-order chi connectivity index (χ0) is 17.4.